The average molecular weight is 247 g/mol. The summed E-state index contributed by atoms with van der Waals surface area (Å²) in [5, 5.41) is 5.00. The summed E-state index contributed by atoms with van der Waals surface area (Å²) in [5.41, 5.74) is 7.35. The Kier molecular flexibility index (Phi) is 3.34. The standard InChI is InChI=1S/C13H17N3O2/c1-15-11(17)8-16-12(18)9-3-2-4-10(7-9)13(14)5-6-13/h2-4,7H,5-6,8,14H2,1H3,(H,15,17)(H,16,18). The molecule has 5 heteroatoms. The summed E-state index contributed by atoms with van der Waals surface area (Å²) in [4.78, 5) is 22.9. The Morgan fingerprint density at radius 1 is 1.39 bits per heavy atom. The molecule has 1 aliphatic rings. The highest BCUT2D eigenvalue weighted by Crippen LogP contribution is 2.42. The van der Waals surface area contributed by atoms with Crippen molar-refractivity contribution in [1.29, 1.82) is 0 Å². The van der Waals surface area contributed by atoms with E-state index in [-0.39, 0.29) is 23.9 Å². The number of nitrogens with one attached hydrogen (secondary N) is 2. The molecule has 4 N–H and O–H groups in total. The molecule has 0 saturated heterocycles. The zero-order chi connectivity index (χ0) is 13.2. The van der Waals surface area contributed by atoms with E-state index in [1.807, 2.05) is 12.1 Å². The van der Waals surface area contributed by atoms with Gasteiger partial charge in [-0.05, 0) is 30.5 Å². The largest absolute Gasteiger partial charge is 0.358 e. The van der Waals surface area contributed by atoms with Crippen molar-refractivity contribution in [2.24, 2.45) is 5.73 Å². The van der Waals surface area contributed by atoms with Crippen molar-refractivity contribution in [3.05, 3.63) is 35.4 Å². The van der Waals surface area contributed by atoms with Crippen LogP contribution in [-0.2, 0) is 10.3 Å². The Bertz CT molecular complexity index is 481. The van der Waals surface area contributed by atoms with Gasteiger partial charge < -0.3 is 16.4 Å². The first-order valence-electron chi connectivity index (χ1n) is 5.93. The summed E-state index contributed by atoms with van der Waals surface area (Å²) in [6.07, 6.45) is 1.91. The molecule has 0 heterocycles. The molecule has 0 spiro atoms. The third kappa shape index (κ3) is 2.68. The SMILES string of the molecule is CNC(=O)CNC(=O)c1cccc(C2(N)CC2)c1. The number of carbonyl (C=O) groups excluding carboxylic acids is 2. The highest BCUT2D eigenvalue weighted by Gasteiger charge is 2.40. The van der Waals surface area contributed by atoms with Crippen molar-refractivity contribution in [3.8, 4) is 0 Å². The predicted octanol–water partition coefficient (Wildman–Crippen LogP) is 0.110. The Hall–Kier alpha value is -1.88. The number of benzene rings is 1. The summed E-state index contributed by atoms with van der Waals surface area (Å²) in [5.74, 6) is -0.485. The molecule has 1 fully saturated rings. The summed E-state index contributed by atoms with van der Waals surface area (Å²) >= 11 is 0. The van der Waals surface area contributed by atoms with E-state index in [0.29, 0.717) is 5.56 Å². The molecule has 0 bridgehead atoms. The fourth-order valence-corrected chi connectivity index (χ4v) is 1.74. The van der Waals surface area contributed by atoms with Crippen LogP contribution in [0.15, 0.2) is 24.3 Å². The van der Waals surface area contributed by atoms with E-state index in [0.717, 1.165) is 18.4 Å². The minimum atomic E-state index is -0.260. The second-order valence-electron chi connectivity index (χ2n) is 4.59. The predicted molar refractivity (Wildman–Crippen MR) is 67.9 cm³/mol. The molecular weight excluding hydrogens is 230 g/mol. The monoisotopic (exact) mass is 247 g/mol. The molecule has 2 rings (SSSR count). The van der Waals surface area contributed by atoms with Gasteiger partial charge in [-0.2, -0.15) is 0 Å². The van der Waals surface area contributed by atoms with Gasteiger partial charge in [0.2, 0.25) is 5.91 Å². The van der Waals surface area contributed by atoms with Crippen LogP contribution in [0.2, 0.25) is 0 Å². The summed E-state index contributed by atoms with van der Waals surface area (Å²) in [7, 11) is 1.53. The smallest absolute Gasteiger partial charge is 0.251 e. The van der Waals surface area contributed by atoms with Gasteiger partial charge in [0.05, 0.1) is 6.54 Å². The van der Waals surface area contributed by atoms with Gasteiger partial charge in [-0.25, -0.2) is 0 Å². The van der Waals surface area contributed by atoms with Gasteiger partial charge in [0.15, 0.2) is 0 Å². The second-order valence-corrected chi connectivity index (χ2v) is 4.59. The van der Waals surface area contributed by atoms with Crippen LogP contribution in [0.3, 0.4) is 0 Å². The lowest BCUT2D eigenvalue weighted by molar-refractivity contribution is -0.119. The minimum absolute atomic E-state index is 0.0205. The van der Waals surface area contributed by atoms with E-state index in [1.54, 1.807) is 12.1 Å². The molecule has 18 heavy (non-hydrogen) atoms. The van der Waals surface area contributed by atoms with Crippen LogP contribution in [0.1, 0.15) is 28.8 Å². The molecule has 0 atom stereocenters. The number of hydrogen-bond donors (Lipinski definition) is 3. The third-order valence-electron chi connectivity index (χ3n) is 3.18. The third-order valence-corrected chi connectivity index (χ3v) is 3.18. The van der Waals surface area contributed by atoms with Gasteiger partial charge in [-0.15, -0.1) is 0 Å². The van der Waals surface area contributed by atoms with Gasteiger partial charge >= 0.3 is 0 Å². The minimum Gasteiger partial charge on any atom is -0.358 e. The normalized spacial score (nSPS) is 15.9. The van der Waals surface area contributed by atoms with E-state index in [4.69, 9.17) is 5.73 Å². The Labute approximate surface area is 106 Å². The lowest BCUT2D eigenvalue weighted by atomic mass is 10.0. The van der Waals surface area contributed by atoms with Crippen molar-refractivity contribution >= 4 is 11.8 Å². The van der Waals surface area contributed by atoms with Crippen molar-refractivity contribution in [3.63, 3.8) is 0 Å². The first-order valence-corrected chi connectivity index (χ1v) is 5.93. The van der Waals surface area contributed by atoms with E-state index in [1.165, 1.54) is 7.05 Å². The van der Waals surface area contributed by atoms with Crippen LogP contribution in [0.5, 0.6) is 0 Å². The molecule has 1 saturated carbocycles. The zero-order valence-corrected chi connectivity index (χ0v) is 10.3. The van der Waals surface area contributed by atoms with Crippen LogP contribution in [0.4, 0.5) is 0 Å². The van der Waals surface area contributed by atoms with Gasteiger partial charge in [0.1, 0.15) is 0 Å². The van der Waals surface area contributed by atoms with Crippen LogP contribution in [0.25, 0.3) is 0 Å². The molecule has 1 aromatic rings. The number of rotatable bonds is 4. The summed E-state index contributed by atoms with van der Waals surface area (Å²) < 4.78 is 0. The number of hydrogen-bond acceptors (Lipinski definition) is 3. The first kappa shape index (κ1) is 12.6. The highest BCUT2D eigenvalue weighted by molar-refractivity contribution is 5.96. The lowest BCUT2D eigenvalue weighted by Crippen LogP contribution is -2.35. The number of nitrogens with two attached hydrogens (primary N) is 1. The molecule has 1 aliphatic carbocycles. The number of amides is 2. The topological polar surface area (TPSA) is 84.2 Å². The van der Waals surface area contributed by atoms with Crippen molar-refractivity contribution < 1.29 is 9.59 Å². The number of carbonyl (C=O) groups is 2. The lowest BCUT2D eigenvalue weighted by Gasteiger charge is -2.11. The molecule has 96 valence electrons. The van der Waals surface area contributed by atoms with E-state index >= 15 is 0 Å². The van der Waals surface area contributed by atoms with E-state index < -0.39 is 0 Å². The number of likely N-dealkylation sites (N-methyl/N-ethyl adjacent to an activating group) is 1. The molecule has 0 aromatic heterocycles. The van der Waals surface area contributed by atoms with E-state index in [9.17, 15) is 9.59 Å². The molecule has 1 aromatic carbocycles. The molecule has 5 nitrogen and oxygen atoms in total. The van der Waals surface area contributed by atoms with Crippen molar-refractivity contribution in [2.75, 3.05) is 13.6 Å². The Balaban J connectivity index is 2.04. The first-order chi connectivity index (χ1) is 8.55. The Morgan fingerprint density at radius 2 is 2.11 bits per heavy atom. The Morgan fingerprint density at radius 3 is 2.72 bits per heavy atom. The van der Waals surface area contributed by atoms with Crippen LogP contribution in [0, 0.1) is 0 Å². The van der Waals surface area contributed by atoms with Gasteiger partial charge in [-0.1, -0.05) is 12.1 Å². The summed E-state index contributed by atoms with van der Waals surface area (Å²) in [6, 6.07) is 7.26. The zero-order valence-electron chi connectivity index (χ0n) is 10.3. The van der Waals surface area contributed by atoms with Crippen LogP contribution >= 0.6 is 0 Å². The average Bonchev–Trinajstić information content (AvgIpc) is 3.15. The maximum absolute atomic E-state index is 11.8. The highest BCUT2D eigenvalue weighted by atomic mass is 16.2. The maximum Gasteiger partial charge on any atom is 0.251 e. The molecule has 2 amide bonds. The molecule has 0 radical (unpaired) electrons. The van der Waals surface area contributed by atoms with Gasteiger partial charge in [0.25, 0.3) is 5.91 Å². The summed E-state index contributed by atoms with van der Waals surface area (Å²) in [6.45, 7) is -0.0205. The maximum atomic E-state index is 11.8. The van der Waals surface area contributed by atoms with Crippen molar-refractivity contribution in [1.82, 2.24) is 10.6 Å². The van der Waals surface area contributed by atoms with Gasteiger partial charge in [-0.3, -0.25) is 9.59 Å². The van der Waals surface area contributed by atoms with Crippen molar-refractivity contribution in [2.45, 2.75) is 18.4 Å². The second kappa shape index (κ2) is 4.78. The van der Waals surface area contributed by atoms with Crippen LogP contribution in [-0.4, -0.2) is 25.4 Å². The quantitative estimate of drug-likeness (QED) is 0.706. The fourth-order valence-electron chi connectivity index (χ4n) is 1.74. The van der Waals surface area contributed by atoms with E-state index in [2.05, 4.69) is 10.6 Å². The molecule has 0 unspecified atom stereocenters. The molecule has 0 aliphatic heterocycles. The fraction of sp³-hybridized carbons (Fsp3) is 0.385. The molecular formula is C13H17N3O2. The van der Waals surface area contributed by atoms with Crippen LogP contribution < -0.4 is 16.4 Å². The van der Waals surface area contributed by atoms with Gasteiger partial charge in [0, 0.05) is 18.2 Å².